The first-order chi connectivity index (χ1) is 5.65. The van der Waals surface area contributed by atoms with E-state index in [-0.39, 0.29) is 6.04 Å². The van der Waals surface area contributed by atoms with Crippen LogP contribution in [0.3, 0.4) is 0 Å². The second kappa shape index (κ2) is 3.97. The van der Waals surface area contributed by atoms with Gasteiger partial charge in [0.1, 0.15) is 11.5 Å². The minimum absolute atomic E-state index is 0.181. The molecule has 2 nitrogen and oxygen atoms in total. The van der Waals surface area contributed by atoms with Gasteiger partial charge in [-0.05, 0) is 33.2 Å². The lowest BCUT2D eigenvalue weighted by atomic mass is 10.2. The van der Waals surface area contributed by atoms with E-state index in [1.165, 1.54) is 0 Å². The molecular formula is C9H14ClNO. The van der Waals surface area contributed by atoms with Gasteiger partial charge in [0.05, 0.1) is 6.04 Å². The molecule has 0 aliphatic rings. The van der Waals surface area contributed by atoms with Crippen molar-refractivity contribution in [3.05, 3.63) is 23.7 Å². The van der Waals surface area contributed by atoms with Gasteiger partial charge in [0, 0.05) is 5.88 Å². The van der Waals surface area contributed by atoms with E-state index in [1.54, 1.807) is 0 Å². The van der Waals surface area contributed by atoms with Crippen LogP contribution in [0.15, 0.2) is 16.5 Å². The maximum absolute atomic E-state index is 5.80. The van der Waals surface area contributed by atoms with Crippen LogP contribution < -0.4 is 0 Å². The van der Waals surface area contributed by atoms with Gasteiger partial charge in [-0.1, -0.05) is 0 Å². The Morgan fingerprint density at radius 2 is 2.17 bits per heavy atom. The monoisotopic (exact) mass is 187 g/mol. The molecular weight excluding hydrogens is 174 g/mol. The second-order valence-corrected chi connectivity index (χ2v) is 3.39. The molecule has 1 aromatic rings. The van der Waals surface area contributed by atoms with Crippen LogP contribution in [0.4, 0.5) is 0 Å². The molecule has 1 aromatic heterocycles. The number of halogens is 1. The number of hydrogen-bond acceptors (Lipinski definition) is 2. The number of nitrogens with zero attached hydrogens (tertiary/aromatic N) is 1. The van der Waals surface area contributed by atoms with Crippen LogP contribution in [0.5, 0.6) is 0 Å². The standard InChI is InChI=1S/C9H14ClNO/c1-7-4-5-9(12-7)8(6-10)11(2)3/h4-5,8H,6H2,1-3H3. The molecule has 1 atom stereocenters. The second-order valence-electron chi connectivity index (χ2n) is 3.08. The molecule has 1 rings (SSSR count). The van der Waals surface area contributed by atoms with Crippen molar-refractivity contribution in [1.82, 2.24) is 4.90 Å². The van der Waals surface area contributed by atoms with Gasteiger partial charge in [-0.2, -0.15) is 0 Å². The summed E-state index contributed by atoms with van der Waals surface area (Å²) < 4.78 is 5.47. The lowest BCUT2D eigenvalue weighted by molar-refractivity contribution is 0.277. The summed E-state index contributed by atoms with van der Waals surface area (Å²) in [4.78, 5) is 2.05. The van der Waals surface area contributed by atoms with E-state index in [0.29, 0.717) is 5.88 Å². The van der Waals surface area contributed by atoms with Gasteiger partial charge in [-0.15, -0.1) is 11.6 Å². The first-order valence-corrected chi connectivity index (χ1v) is 4.47. The predicted molar refractivity (Wildman–Crippen MR) is 50.6 cm³/mol. The highest BCUT2D eigenvalue weighted by atomic mass is 35.5. The van der Waals surface area contributed by atoms with Gasteiger partial charge >= 0.3 is 0 Å². The molecule has 0 aromatic carbocycles. The smallest absolute Gasteiger partial charge is 0.122 e. The Hall–Kier alpha value is -0.470. The van der Waals surface area contributed by atoms with E-state index >= 15 is 0 Å². The molecule has 1 heterocycles. The summed E-state index contributed by atoms with van der Waals surface area (Å²) in [5.74, 6) is 2.43. The van der Waals surface area contributed by atoms with Gasteiger partial charge in [0.25, 0.3) is 0 Å². The van der Waals surface area contributed by atoms with E-state index in [1.807, 2.05) is 38.1 Å². The van der Waals surface area contributed by atoms with Crippen molar-refractivity contribution in [2.45, 2.75) is 13.0 Å². The highest BCUT2D eigenvalue weighted by molar-refractivity contribution is 6.18. The molecule has 0 spiro atoms. The zero-order valence-electron chi connectivity index (χ0n) is 7.67. The van der Waals surface area contributed by atoms with Crippen molar-refractivity contribution in [3.63, 3.8) is 0 Å². The average molecular weight is 188 g/mol. The van der Waals surface area contributed by atoms with Gasteiger partial charge < -0.3 is 4.42 Å². The molecule has 68 valence electrons. The fourth-order valence-electron chi connectivity index (χ4n) is 1.10. The Morgan fingerprint density at radius 3 is 2.50 bits per heavy atom. The summed E-state index contributed by atoms with van der Waals surface area (Å²) in [6, 6.07) is 4.11. The average Bonchev–Trinajstić information content (AvgIpc) is 2.37. The van der Waals surface area contributed by atoms with E-state index in [9.17, 15) is 0 Å². The van der Waals surface area contributed by atoms with Crippen molar-refractivity contribution in [1.29, 1.82) is 0 Å². The van der Waals surface area contributed by atoms with Crippen molar-refractivity contribution in [2.75, 3.05) is 20.0 Å². The normalized spacial score (nSPS) is 13.8. The van der Waals surface area contributed by atoms with Gasteiger partial charge in [-0.3, -0.25) is 4.90 Å². The van der Waals surface area contributed by atoms with Crippen LogP contribution in [0.2, 0.25) is 0 Å². The molecule has 0 amide bonds. The summed E-state index contributed by atoms with van der Waals surface area (Å²) in [5.41, 5.74) is 0. The fraction of sp³-hybridized carbons (Fsp3) is 0.556. The Balaban J connectivity index is 2.80. The van der Waals surface area contributed by atoms with E-state index in [2.05, 4.69) is 0 Å². The van der Waals surface area contributed by atoms with Crippen LogP contribution in [0.25, 0.3) is 0 Å². The van der Waals surface area contributed by atoms with E-state index in [4.69, 9.17) is 16.0 Å². The lowest BCUT2D eigenvalue weighted by Gasteiger charge is -2.19. The van der Waals surface area contributed by atoms with E-state index < -0.39 is 0 Å². The quantitative estimate of drug-likeness (QED) is 0.676. The summed E-state index contributed by atoms with van der Waals surface area (Å²) in [7, 11) is 3.98. The van der Waals surface area contributed by atoms with Crippen LogP contribution in [0, 0.1) is 6.92 Å². The number of alkyl halides is 1. The zero-order valence-corrected chi connectivity index (χ0v) is 8.43. The maximum Gasteiger partial charge on any atom is 0.122 e. The van der Waals surface area contributed by atoms with Gasteiger partial charge in [0.2, 0.25) is 0 Å². The SMILES string of the molecule is Cc1ccc(C(CCl)N(C)C)o1. The van der Waals surface area contributed by atoms with Gasteiger partial charge in [0.15, 0.2) is 0 Å². The molecule has 0 saturated heterocycles. The Bertz CT molecular complexity index is 244. The first kappa shape index (κ1) is 9.62. The minimum Gasteiger partial charge on any atom is -0.465 e. The number of rotatable bonds is 3. The van der Waals surface area contributed by atoms with Crippen molar-refractivity contribution < 1.29 is 4.42 Å². The van der Waals surface area contributed by atoms with Gasteiger partial charge in [-0.25, -0.2) is 0 Å². The molecule has 0 fully saturated rings. The summed E-state index contributed by atoms with van der Waals surface area (Å²) in [6.45, 7) is 1.93. The number of hydrogen-bond donors (Lipinski definition) is 0. The lowest BCUT2D eigenvalue weighted by Crippen LogP contribution is -2.20. The molecule has 0 aliphatic carbocycles. The van der Waals surface area contributed by atoms with Crippen LogP contribution in [-0.2, 0) is 0 Å². The van der Waals surface area contributed by atoms with Crippen molar-refractivity contribution in [2.24, 2.45) is 0 Å². The maximum atomic E-state index is 5.80. The fourth-order valence-corrected chi connectivity index (χ4v) is 1.53. The third-order valence-corrected chi connectivity index (χ3v) is 2.15. The number of furan rings is 1. The number of aryl methyl sites for hydroxylation is 1. The van der Waals surface area contributed by atoms with E-state index in [0.717, 1.165) is 11.5 Å². The summed E-state index contributed by atoms with van der Waals surface area (Å²) in [5, 5.41) is 0. The zero-order chi connectivity index (χ0) is 9.14. The summed E-state index contributed by atoms with van der Waals surface area (Å²) in [6.07, 6.45) is 0. The third-order valence-electron chi connectivity index (χ3n) is 1.86. The Morgan fingerprint density at radius 1 is 1.50 bits per heavy atom. The molecule has 0 bridgehead atoms. The van der Waals surface area contributed by atoms with Crippen LogP contribution >= 0.6 is 11.6 Å². The van der Waals surface area contributed by atoms with Crippen LogP contribution in [0.1, 0.15) is 17.6 Å². The Labute approximate surface area is 78.1 Å². The Kier molecular flexibility index (Phi) is 3.18. The third kappa shape index (κ3) is 2.02. The highest BCUT2D eigenvalue weighted by Gasteiger charge is 2.15. The molecule has 0 saturated carbocycles. The molecule has 0 radical (unpaired) electrons. The first-order valence-electron chi connectivity index (χ1n) is 3.94. The van der Waals surface area contributed by atoms with Crippen LogP contribution in [-0.4, -0.2) is 24.9 Å². The minimum atomic E-state index is 0.181. The highest BCUT2D eigenvalue weighted by Crippen LogP contribution is 2.21. The summed E-state index contributed by atoms with van der Waals surface area (Å²) >= 11 is 5.80. The predicted octanol–water partition coefficient (Wildman–Crippen LogP) is 2.43. The molecule has 0 N–H and O–H groups in total. The van der Waals surface area contributed by atoms with Crippen molar-refractivity contribution >= 4 is 11.6 Å². The molecule has 12 heavy (non-hydrogen) atoms. The molecule has 1 unspecified atom stereocenters. The molecule has 0 aliphatic heterocycles. The molecule has 3 heteroatoms. The largest absolute Gasteiger partial charge is 0.465 e. The topological polar surface area (TPSA) is 16.4 Å². The van der Waals surface area contributed by atoms with Crippen molar-refractivity contribution in [3.8, 4) is 0 Å².